The molecule has 0 spiro atoms. The minimum atomic E-state index is -0.0473. The fraction of sp³-hybridized carbons (Fsp3) is 0.400. The molecule has 0 aliphatic carbocycles. The molecule has 0 amide bonds. The highest BCUT2D eigenvalue weighted by atomic mass is 16.5. The molecule has 6 heteroatoms. The van der Waals surface area contributed by atoms with Gasteiger partial charge in [0.25, 0.3) is 0 Å². The Morgan fingerprint density at radius 2 is 1.86 bits per heavy atom. The molecule has 1 aromatic carbocycles. The molecule has 3 rings (SSSR count). The highest BCUT2D eigenvalue weighted by Gasteiger charge is 2.14. The molecule has 2 heterocycles. The van der Waals surface area contributed by atoms with E-state index in [9.17, 15) is 4.79 Å². The molecule has 3 aromatic rings. The average Bonchev–Trinajstić information content (AvgIpc) is 3.04. The SMILES string of the molecule is CCCc1noc(Cn2c(=O)n(CC)c3ccccc32)n1. The van der Waals surface area contributed by atoms with Crippen molar-refractivity contribution < 1.29 is 4.52 Å². The van der Waals surface area contributed by atoms with Crippen LogP contribution in [0.4, 0.5) is 0 Å². The Labute approximate surface area is 122 Å². The maximum atomic E-state index is 12.5. The summed E-state index contributed by atoms with van der Waals surface area (Å²) < 4.78 is 8.67. The number of nitrogens with zero attached hydrogens (tertiary/aromatic N) is 4. The van der Waals surface area contributed by atoms with Gasteiger partial charge in [-0.05, 0) is 25.5 Å². The summed E-state index contributed by atoms with van der Waals surface area (Å²) in [6.45, 7) is 4.97. The molecule has 6 nitrogen and oxygen atoms in total. The van der Waals surface area contributed by atoms with E-state index in [4.69, 9.17) is 4.52 Å². The van der Waals surface area contributed by atoms with Crippen LogP contribution in [0.1, 0.15) is 32.0 Å². The number of imidazole rings is 1. The van der Waals surface area contributed by atoms with Crippen LogP contribution in [0.15, 0.2) is 33.6 Å². The van der Waals surface area contributed by atoms with E-state index in [1.165, 1.54) is 0 Å². The molecule has 110 valence electrons. The van der Waals surface area contributed by atoms with Crippen molar-refractivity contribution in [3.63, 3.8) is 0 Å². The van der Waals surface area contributed by atoms with E-state index in [1.807, 2.05) is 31.2 Å². The largest absolute Gasteiger partial charge is 0.337 e. The molecule has 0 N–H and O–H groups in total. The molecule has 2 aromatic heterocycles. The maximum Gasteiger partial charge on any atom is 0.329 e. The van der Waals surface area contributed by atoms with Crippen molar-refractivity contribution in [3.05, 3.63) is 46.5 Å². The lowest BCUT2D eigenvalue weighted by Crippen LogP contribution is -2.24. The predicted octanol–water partition coefficient (Wildman–Crippen LogP) is 2.21. The van der Waals surface area contributed by atoms with Gasteiger partial charge in [0.2, 0.25) is 5.89 Å². The number of fused-ring (bicyclic) bond motifs is 1. The van der Waals surface area contributed by atoms with E-state index < -0.39 is 0 Å². The maximum absolute atomic E-state index is 12.5. The van der Waals surface area contributed by atoms with Crippen LogP contribution in [-0.4, -0.2) is 19.3 Å². The molecule has 0 aliphatic rings. The smallest absolute Gasteiger partial charge is 0.329 e. The Morgan fingerprint density at radius 3 is 2.52 bits per heavy atom. The first-order valence-electron chi connectivity index (χ1n) is 7.24. The van der Waals surface area contributed by atoms with Crippen LogP contribution in [0.2, 0.25) is 0 Å². The number of para-hydroxylation sites is 2. The molecular weight excluding hydrogens is 268 g/mol. The van der Waals surface area contributed by atoms with Crippen molar-refractivity contribution in [3.8, 4) is 0 Å². The Balaban J connectivity index is 2.03. The number of hydrogen-bond donors (Lipinski definition) is 0. The summed E-state index contributed by atoms with van der Waals surface area (Å²) in [6, 6.07) is 7.75. The van der Waals surface area contributed by atoms with Crippen LogP contribution in [0.5, 0.6) is 0 Å². The van der Waals surface area contributed by atoms with Gasteiger partial charge in [-0.2, -0.15) is 4.98 Å². The van der Waals surface area contributed by atoms with Crippen molar-refractivity contribution in [1.29, 1.82) is 0 Å². The second-order valence-electron chi connectivity index (χ2n) is 4.96. The Morgan fingerprint density at radius 1 is 1.14 bits per heavy atom. The quantitative estimate of drug-likeness (QED) is 0.721. The summed E-state index contributed by atoms with van der Waals surface area (Å²) in [6.07, 6.45) is 1.75. The monoisotopic (exact) mass is 286 g/mol. The average molecular weight is 286 g/mol. The topological polar surface area (TPSA) is 65.8 Å². The van der Waals surface area contributed by atoms with Crippen molar-refractivity contribution in [2.45, 2.75) is 39.8 Å². The van der Waals surface area contributed by atoms with Crippen LogP contribution in [-0.2, 0) is 19.5 Å². The van der Waals surface area contributed by atoms with Gasteiger partial charge >= 0.3 is 5.69 Å². The van der Waals surface area contributed by atoms with Gasteiger partial charge in [-0.3, -0.25) is 9.13 Å². The molecule has 0 saturated heterocycles. The predicted molar refractivity (Wildman–Crippen MR) is 79.3 cm³/mol. The van der Waals surface area contributed by atoms with E-state index in [0.717, 1.165) is 23.9 Å². The van der Waals surface area contributed by atoms with E-state index in [1.54, 1.807) is 9.13 Å². The molecule has 0 bridgehead atoms. The summed E-state index contributed by atoms with van der Waals surface area (Å²) in [5.41, 5.74) is 1.77. The number of aromatic nitrogens is 4. The Hall–Kier alpha value is -2.37. The standard InChI is InChI=1S/C15H18N4O2/c1-3-7-13-16-14(21-17-13)10-19-12-9-6-5-8-11(12)18(4-2)15(19)20/h5-6,8-9H,3-4,7,10H2,1-2H3. The summed E-state index contributed by atoms with van der Waals surface area (Å²) >= 11 is 0. The Kier molecular flexibility index (Phi) is 3.60. The van der Waals surface area contributed by atoms with Crippen molar-refractivity contribution in [2.24, 2.45) is 0 Å². The highest BCUT2D eigenvalue weighted by molar-refractivity contribution is 5.76. The van der Waals surface area contributed by atoms with Gasteiger partial charge in [-0.25, -0.2) is 4.79 Å². The van der Waals surface area contributed by atoms with Crippen molar-refractivity contribution >= 4 is 11.0 Å². The summed E-state index contributed by atoms with van der Waals surface area (Å²) in [5, 5.41) is 3.93. The minimum absolute atomic E-state index is 0.0473. The lowest BCUT2D eigenvalue weighted by Gasteiger charge is -1.97. The normalized spacial score (nSPS) is 11.3. The van der Waals surface area contributed by atoms with Crippen LogP contribution in [0.25, 0.3) is 11.0 Å². The fourth-order valence-corrected chi connectivity index (χ4v) is 2.55. The van der Waals surface area contributed by atoms with Gasteiger partial charge in [-0.1, -0.05) is 24.2 Å². The lowest BCUT2D eigenvalue weighted by molar-refractivity contribution is 0.365. The molecule has 21 heavy (non-hydrogen) atoms. The molecule has 0 saturated carbocycles. The second kappa shape index (κ2) is 5.55. The molecule has 0 radical (unpaired) electrons. The summed E-state index contributed by atoms with van der Waals surface area (Å²) in [5.74, 6) is 1.17. The van der Waals surface area contributed by atoms with Crippen LogP contribution in [0, 0.1) is 0 Å². The van der Waals surface area contributed by atoms with Crippen LogP contribution >= 0.6 is 0 Å². The second-order valence-corrected chi connectivity index (χ2v) is 4.96. The lowest BCUT2D eigenvalue weighted by atomic mass is 10.3. The third kappa shape index (κ3) is 2.37. The first-order valence-corrected chi connectivity index (χ1v) is 7.24. The first kappa shape index (κ1) is 13.6. The molecule has 0 unspecified atom stereocenters. The van der Waals surface area contributed by atoms with Gasteiger partial charge in [-0.15, -0.1) is 0 Å². The highest BCUT2D eigenvalue weighted by Crippen LogP contribution is 2.14. The molecular formula is C15H18N4O2. The number of benzene rings is 1. The van der Waals surface area contributed by atoms with Crippen molar-refractivity contribution in [1.82, 2.24) is 19.3 Å². The zero-order chi connectivity index (χ0) is 14.8. The van der Waals surface area contributed by atoms with Gasteiger partial charge in [0.05, 0.1) is 11.0 Å². The third-order valence-corrected chi connectivity index (χ3v) is 3.52. The van der Waals surface area contributed by atoms with Crippen molar-refractivity contribution in [2.75, 3.05) is 0 Å². The van der Waals surface area contributed by atoms with Crippen LogP contribution in [0.3, 0.4) is 0 Å². The van der Waals surface area contributed by atoms with Gasteiger partial charge in [0.15, 0.2) is 5.82 Å². The fourth-order valence-electron chi connectivity index (χ4n) is 2.55. The molecule has 0 fully saturated rings. The van der Waals surface area contributed by atoms with E-state index in [2.05, 4.69) is 17.1 Å². The molecule has 0 aliphatic heterocycles. The van der Waals surface area contributed by atoms with Gasteiger partial charge < -0.3 is 4.52 Å². The number of rotatable bonds is 5. The summed E-state index contributed by atoms with van der Waals surface area (Å²) in [7, 11) is 0. The molecule has 0 atom stereocenters. The zero-order valence-electron chi connectivity index (χ0n) is 12.2. The zero-order valence-corrected chi connectivity index (χ0v) is 12.2. The van der Waals surface area contributed by atoms with Crippen LogP contribution < -0.4 is 5.69 Å². The summed E-state index contributed by atoms with van der Waals surface area (Å²) in [4.78, 5) is 16.8. The van der Waals surface area contributed by atoms with Gasteiger partial charge in [0, 0.05) is 13.0 Å². The number of hydrogen-bond acceptors (Lipinski definition) is 4. The minimum Gasteiger partial charge on any atom is -0.337 e. The van der Waals surface area contributed by atoms with E-state index in [0.29, 0.717) is 24.8 Å². The Bertz CT molecular complexity index is 813. The van der Waals surface area contributed by atoms with E-state index in [-0.39, 0.29) is 5.69 Å². The van der Waals surface area contributed by atoms with Gasteiger partial charge in [0.1, 0.15) is 6.54 Å². The van der Waals surface area contributed by atoms with E-state index >= 15 is 0 Å². The third-order valence-electron chi connectivity index (χ3n) is 3.52. The first-order chi connectivity index (χ1) is 10.2. The number of aryl methyl sites for hydroxylation is 2.